The molecule has 1 saturated heterocycles. The maximum atomic E-state index is 14.4. The van der Waals surface area contributed by atoms with Gasteiger partial charge in [0.15, 0.2) is 23.7 Å². The number of methoxy groups -OCH3 is 1. The SMILES string of the molecule is COc1cnc(-c2cc(Cl)ccc2F)nc1Nc1ccncc1C(=O)NCCNC(=O)COC1O[C@H](CO)[C@H](O)[C@H](O)[C@H]1O. The van der Waals surface area contributed by atoms with Crippen molar-refractivity contribution in [3.63, 3.8) is 0 Å². The van der Waals surface area contributed by atoms with Crippen molar-refractivity contribution in [3.8, 4) is 17.1 Å². The monoisotopic (exact) mass is 636 g/mol. The molecule has 5 atom stereocenters. The van der Waals surface area contributed by atoms with Crippen LogP contribution in [-0.4, -0.2) is 111 Å². The van der Waals surface area contributed by atoms with Gasteiger partial charge in [-0.15, -0.1) is 0 Å². The van der Waals surface area contributed by atoms with E-state index in [0.29, 0.717) is 10.7 Å². The van der Waals surface area contributed by atoms with Crippen LogP contribution in [0.15, 0.2) is 42.9 Å². The summed E-state index contributed by atoms with van der Waals surface area (Å²) in [4.78, 5) is 37.6. The van der Waals surface area contributed by atoms with Gasteiger partial charge in [0, 0.05) is 30.5 Å². The third-order valence-electron chi connectivity index (χ3n) is 6.42. The van der Waals surface area contributed by atoms with Crippen LogP contribution in [-0.2, 0) is 14.3 Å². The van der Waals surface area contributed by atoms with Crippen LogP contribution in [0.4, 0.5) is 15.9 Å². The lowest BCUT2D eigenvalue weighted by molar-refractivity contribution is -0.299. The molecule has 0 saturated carbocycles. The summed E-state index contributed by atoms with van der Waals surface area (Å²) in [5.41, 5.74) is 0.487. The van der Waals surface area contributed by atoms with Gasteiger partial charge < -0.3 is 50.6 Å². The van der Waals surface area contributed by atoms with Crippen LogP contribution < -0.4 is 20.7 Å². The number of anilines is 2. The molecule has 0 radical (unpaired) electrons. The predicted molar refractivity (Wildman–Crippen MR) is 152 cm³/mol. The lowest BCUT2D eigenvalue weighted by atomic mass is 9.99. The van der Waals surface area contributed by atoms with Gasteiger partial charge in [-0.05, 0) is 24.3 Å². The molecule has 7 N–H and O–H groups in total. The second-order valence-corrected chi connectivity index (χ2v) is 9.83. The molecule has 1 unspecified atom stereocenters. The fraction of sp³-hybridized carbons (Fsp3) is 0.370. The number of rotatable bonds is 12. The summed E-state index contributed by atoms with van der Waals surface area (Å²) in [7, 11) is 1.40. The van der Waals surface area contributed by atoms with E-state index in [1.807, 2.05) is 0 Å². The first-order valence-corrected chi connectivity index (χ1v) is 13.5. The molecule has 236 valence electrons. The Morgan fingerprint density at radius 3 is 2.61 bits per heavy atom. The van der Waals surface area contributed by atoms with E-state index in [2.05, 4.69) is 30.9 Å². The number of carbonyl (C=O) groups is 2. The fourth-order valence-corrected chi connectivity index (χ4v) is 4.28. The first-order chi connectivity index (χ1) is 21.1. The Hall–Kier alpha value is -4.03. The highest BCUT2D eigenvalue weighted by Crippen LogP contribution is 2.30. The first-order valence-electron chi connectivity index (χ1n) is 13.2. The van der Waals surface area contributed by atoms with E-state index in [1.165, 1.54) is 50.0 Å². The number of ether oxygens (including phenoxy) is 3. The number of benzene rings is 1. The Labute approximate surface area is 255 Å². The summed E-state index contributed by atoms with van der Waals surface area (Å²) >= 11 is 6.01. The topological polar surface area (TPSA) is 218 Å². The minimum atomic E-state index is -1.64. The third-order valence-corrected chi connectivity index (χ3v) is 6.66. The number of nitrogens with zero attached hydrogens (tertiary/aromatic N) is 3. The number of carbonyl (C=O) groups excluding carboxylic acids is 2. The van der Waals surface area contributed by atoms with Gasteiger partial charge in [0.1, 0.15) is 36.8 Å². The van der Waals surface area contributed by atoms with Crippen LogP contribution in [0.1, 0.15) is 10.4 Å². The van der Waals surface area contributed by atoms with Crippen LogP contribution in [0.25, 0.3) is 11.4 Å². The Balaban J connectivity index is 1.33. The minimum Gasteiger partial charge on any atom is -0.491 e. The Kier molecular flexibility index (Phi) is 11.3. The Morgan fingerprint density at radius 1 is 1.09 bits per heavy atom. The smallest absolute Gasteiger partial charge is 0.255 e. The highest BCUT2D eigenvalue weighted by molar-refractivity contribution is 6.30. The van der Waals surface area contributed by atoms with Gasteiger partial charge >= 0.3 is 0 Å². The number of halogens is 2. The van der Waals surface area contributed by atoms with Gasteiger partial charge in [-0.2, -0.15) is 0 Å². The first kappa shape index (κ1) is 32.9. The number of aliphatic hydroxyl groups excluding tert-OH is 4. The molecule has 17 heteroatoms. The van der Waals surface area contributed by atoms with E-state index in [1.54, 1.807) is 0 Å². The van der Waals surface area contributed by atoms with Gasteiger partial charge in [0.2, 0.25) is 5.91 Å². The summed E-state index contributed by atoms with van der Waals surface area (Å²) in [5, 5.41) is 47.3. The van der Waals surface area contributed by atoms with E-state index in [-0.39, 0.29) is 41.6 Å². The van der Waals surface area contributed by atoms with Crippen molar-refractivity contribution in [1.82, 2.24) is 25.6 Å². The van der Waals surface area contributed by atoms with Crippen LogP contribution in [0.3, 0.4) is 0 Å². The van der Waals surface area contributed by atoms with Crippen molar-refractivity contribution in [2.75, 3.05) is 38.7 Å². The van der Waals surface area contributed by atoms with E-state index < -0.39 is 61.6 Å². The highest BCUT2D eigenvalue weighted by Gasteiger charge is 2.44. The standard InChI is InChI=1S/C27H30ClFN6O9/c1-42-18-10-33-24(14-8-13(28)2-3-16(14)29)35-25(18)34-17-4-5-30-9-15(17)26(41)32-7-6-31-20(37)12-43-27-23(40)22(39)21(38)19(11-36)44-27/h2-5,8-10,19,21-23,27,36,38-40H,6-7,11-12H2,1H3,(H,31,37)(H,32,41)(H,30,33,34,35)/t19-,21+,22+,23-,27?/m1/s1. The molecule has 3 heterocycles. The van der Waals surface area contributed by atoms with Crippen LogP contribution in [0, 0.1) is 5.82 Å². The van der Waals surface area contributed by atoms with Crippen molar-refractivity contribution in [1.29, 1.82) is 0 Å². The molecule has 1 aliphatic heterocycles. The van der Waals surface area contributed by atoms with E-state index in [9.17, 15) is 34.4 Å². The van der Waals surface area contributed by atoms with Gasteiger partial charge in [-0.25, -0.2) is 14.4 Å². The van der Waals surface area contributed by atoms with Crippen LogP contribution >= 0.6 is 11.6 Å². The average Bonchev–Trinajstić information content (AvgIpc) is 3.03. The molecule has 3 aromatic rings. The maximum Gasteiger partial charge on any atom is 0.255 e. The second-order valence-electron chi connectivity index (χ2n) is 9.40. The fourth-order valence-electron chi connectivity index (χ4n) is 4.11. The van der Waals surface area contributed by atoms with Crippen molar-refractivity contribution in [2.24, 2.45) is 0 Å². The summed E-state index contributed by atoms with van der Waals surface area (Å²) in [5.74, 6) is -1.36. The summed E-state index contributed by atoms with van der Waals surface area (Å²) in [6.07, 6.45) is -3.37. The normalized spacial score (nSPS) is 21.4. The lowest BCUT2D eigenvalue weighted by Gasteiger charge is -2.39. The molecule has 15 nitrogen and oxygen atoms in total. The molecule has 0 aliphatic carbocycles. The molecule has 44 heavy (non-hydrogen) atoms. The Bertz CT molecular complexity index is 1470. The van der Waals surface area contributed by atoms with Crippen molar-refractivity contribution < 1.29 is 48.6 Å². The predicted octanol–water partition coefficient (Wildman–Crippen LogP) is -0.254. The lowest BCUT2D eigenvalue weighted by Crippen LogP contribution is -2.59. The second kappa shape index (κ2) is 15.1. The molecule has 1 aromatic carbocycles. The number of hydrogen-bond donors (Lipinski definition) is 7. The number of aliphatic hydroxyl groups is 4. The van der Waals surface area contributed by atoms with Crippen molar-refractivity contribution in [3.05, 3.63) is 59.3 Å². The van der Waals surface area contributed by atoms with E-state index in [0.717, 1.165) is 0 Å². The van der Waals surface area contributed by atoms with E-state index in [4.69, 9.17) is 25.8 Å². The molecule has 2 aromatic heterocycles. The molecule has 2 amide bonds. The molecule has 1 fully saturated rings. The minimum absolute atomic E-state index is 0.0000682. The highest BCUT2D eigenvalue weighted by atomic mass is 35.5. The number of hydrogen-bond acceptors (Lipinski definition) is 13. The average molecular weight is 637 g/mol. The molecule has 1 aliphatic rings. The van der Waals surface area contributed by atoms with Crippen molar-refractivity contribution in [2.45, 2.75) is 30.7 Å². The largest absolute Gasteiger partial charge is 0.491 e. The maximum absolute atomic E-state index is 14.4. The van der Waals surface area contributed by atoms with E-state index >= 15 is 0 Å². The molecular formula is C27H30ClFN6O9. The van der Waals surface area contributed by atoms with Gasteiger partial charge in [-0.3, -0.25) is 14.6 Å². The Morgan fingerprint density at radius 2 is 1.86 bits per heavy atom. The number of nitrogens with one attached hydrogen (secondary N) is 3. The summed E-state index contributed by atoms with van der Waals surface area (Å²) in [6.45, 7) is -1.20. The zero-order chi connectivity index (χ0) is 31.8. The molecular weight excluding hydrogens is 607 g/mol. The molecule has 0 bridgehead atoms. The zero-order valence-corrected chi connectivity index (χ0v) is 23.9. The summed E-state index contributed by atoms with van der Waals surface area (Å²) in [6, 6.07) is 5.50. The number of pyridine rings is 1. The molecule has 4 rings (SSSR count). The van der Waals surface area contributed by atoms with Gasteiger partial charge in [0.25, 0.3) is 5.91 Å². The van der Waals surface area contributed by atoms with Gasteiger partial charge in [0.05, 0.1) is 36.7 Å². The van der Waals surface area contributed by atoms with Crippen LogP contribution in [0.5, 0.6) is 5.75 Å². The zero-order valence-electron chi connectivity index (χ0n) is 23.2. The quantitative estimate of drug-likeness (QED) is 0.128. The number of amides is 2. The van der Waals surface area contributed by atoms with Crippen LogP contribution in [0.2, 0.25) is 5.02 Å². The summed E-state index contributed by atoms with van der Waals surface area (Å²) < 4.78 is 30.1. The number of aromatic nitrogens is 3. The molecule has 0 spiro atoms. The van der Waals surface area contributed by atoms with Gasteiger partial charge in [-0.1, -0.05) is 11.6 Å². The third kappa shape index (κ3) is 7.92. The van der Waals surface area contributed by atoms with Crippen molar-refractivity contribution >= 4 is 34.9 Å².